The molecular formula is C15H22O3. The van der Waals surface area contributed by atoms with Gasteiger partial charge < -0.3 is 9.84 Å². The number of carbonyl (C=O) groups is 1. The molecule has 18 heavy (non-hydrogen) atoms. The van der Waals surface area contributed by atoms with Crippen molar-refractivity contribution >= 4 is 5.97 Å². The summed E-state index contributed by atoms with van der Waals surface area (Å²) in [7, 11) is 0. The standard InChI is InChI=1S/C15H22O3/c1-5-18-13(16)11-15(17,14(2,3)4)12-9-7-6-8-10-12/h6-10,17H,5,11H2,1-4H3. The zero-order valence-electron chi connectivity index (χ0n) is 11.6. The molecule has 1 atom stereocenters. The van der Waals surface area contributed by atoms with Gasteiger partial charge in [0.25, 0.3) is 0 Å². The Morgan fingerprint density at radius 1 is 1.22 bits per heavy atom. The van der Waals surface area contributed by atoms with E-state index in [0.29, 0.717) is 6.61 Å². The minimum atomic E-state index is -1.22. The molecule has 0 heterocycles. The number of esters is 1. The predicted octanol–water partition coefficient (Wildman–Crippen LogP) is 2.87. The van der Waals surface area contributed by atoms with Crippen LogP contribution in [0.5, 0.6) is 0 Å². The summed E-state index contributed by atoms with van der Waals surface area (Å²) in [5.74, 6) is -0.376. The Morgan fingerprint density at radius 3 is 2.22 bits per heavy atom. The highest BCUT2D eigenvalue weighted by Gasteiger charge is 2.43. The second kappa shape index (κ2) is 5.53. The lowest BCUT2D eigenvalue weighted by molar-refractivity contribution is -0.156. The molecule has 0 aliphatic heterocycles. The number of aliphatic hydroxyl groups is 1. The van der Waals surface area contributed by atoms with Crippen molar-refractivity contribution in [3.63, 3.8) is 0 Å². The SMILES string of the molecule is CCOC(=O)CC(O)(c1ccccc1)C(C)(C)C. The number of hydrogen-bond donors (Lipinski definition) is 1. The zero-order valence-corrected chi connectivity index (χ0v) is 11.6. The molecule has 3 heteroatoms. The van der Waals surface area contributed by atoms with Gasteiger partial charge in [-0.1, -0.05) is 51.1 Å². The quantitative estimate of drug-likeness (QED) is 0.836. The topological polar surface area (TPSA) is 46.5 Å². The highest BCUT2D eigenvalue weighted by atomic mass is 16.5. The Hall–Kier alpha value is -1.35. The first-order valence-electron chi connectivity index (χ1n) is 6.25. The van der Waals surface area contributed by atoms with Gasteiger partial charge in [0.1, 0.15) is 5.60 Å². The zero-order chi connectivity index (χ0) is 13.8. The van der Waals surface area contributed by atoms with E-state index in [1.54, 1.807) is 6.92 Å². The molecule has 1 aromatic rings. The number of benzene rings is 1. The molecule has 0 aliphatic carbocycles. The summed E-state index contributed by atoms with van der Waals surface area (Å²) in [5.41, 5.74) is -0.938. The second-order valence-corrected chi connectivity index (χ2v) is 5.46. The van der Waals surface area contributed by atoms with Crippen molar-refractivity contribution < 1.29 is 14.6 Å². The Labute approximate surface area is 109 Å². The minimum absolute atomic E-state index is 0.0334. The van der Waals surface area contributed by atoms with Gasteiger partial charge in [-0.05, 0) is 17.9 Å². The fourth-order valence-electron chi connectivity index (χ4n) is 1.94. The van der Waals surface area contributed by atoms with E-state index in [-0.39, 0.29) is 12.4 Å². The van der Waals surface area contributed by atoms with Crippen molar-refractivity contribution in [2.45, 2.75) is 39.7 Å². The molecule has 1 unspecified atom stereocenters. The molecule has 1 rings (SSSR count). The average Bonchev–Trinajstić information content (AvgIpc) is 2.28. The van der Waals surface area contributed by atoms with E-state index >= 15 is 0 Å². The van der Waals surface area contributed by atoms with E-state index in [0.717, 1.165) is 5.56 Å². The van der Waals surface area contributed by atoms with Crippen molar-refractivity contribution in [2.24, 2.45) is 5.41 Å². The Balaban J connectivity index is 3.09. The fraction of sp³-hybridized carbons (Fsp3) is 0.533. The van der Waals surface area contributed by atoms with Gasteiger partial charge in [0, 0.05) is 0 Å². The maximum Gasteiger partial charge on any atom is 0.309 e. The molecule has 0 aromatic heterocycles. The Morgan fingerprint density at radius 2 is 1.78 bits per heavy atom. The highest BCUT2D eigenvalue weighted by molar-refractivity contribution is 5.71. The molecule has 3 nitrogen and oxygen atoms in total. The molecule has 0 aliphatic rings. The fourth-order valence-corrected chi connectivity index (χ4v) is 1.94. The Bertz CT molecular complexity index is 392. The van der Waals surface area contributed by atoms with Crippen LogP contribution in [0.25, 0.3) is 0 Å². The molecule has 0 spiro atoms. The maximum absolute atomic E-state index is 11.7. The molecule has 0 bridgehead atoms. The van der Waals surface area contributed by atoms with Crippen LogP contribution in [0, 0.1) is 5.41 Å². The van der Waals surface area contributed by atoms with E-state index in [4.69, 9.17) is 4.74 Å². The summed E-state index contributed by atoms with van der Waals surface area (Å²) in [6, 6.07) is 9.28. The van der Waals surface area contributed by atoms with Crippen molar-refractivity contribution in [2.75, 3.05) is 6.61 Å². The molecule has 0 amide bonds. The number of rotatable bonds is 4. The van der Waals surface area contributed by atoms with Crippen LogP contribution < -0.4 is 0 Å². The van der Waals surface area contributed by atoms with E-state index in [1.165, 1.54) is 0 Å². The first-order valence-corrected chi connectivity index (χ1v) is 6.25. The second-order valence-electron chi connectivity index (χ2n) is 5.46. The molecule has 0 saturated heterocycles. The minimum Gasteiger partial charge on any atom is -0.466 e. The summed E-state index contributed by atoms with van der Waals surface area (Å²) in [5, 5.41) is 10.9. The molecule has 1 aromatic carbocycles. The van der Waals surface area contributed by atoms with Gasteiger partial charge in [-0.15, -0.1) is 0 Å². The lowest BCUT2D eigenvalue weighted by Gasteiger charge is -2.40. The summed E-state index contributed by atoms with van der Waals surface area (Å²) in [6.45, 7) is 7.84. The van der Waals surface area contributed by atoms with Gasteiger partial charge in [-0.25, -0.2) is 0 Å². The number of carbonyl (C=O) groups excluding carboxylic acids is 1. The third kappa shape index (κ3) is 3.10. The summed E-state index contributed by atoms with van der Waals surface area (Å²) < 4.78 is 4.96. The van der Waals surface area contributed by atoms with Crippen molar-refractivity contribution in [3.8, 4) is 0 Å². The van der Waals surface area contributed by atoms with Crippen LogP contribution in [0.1, 0.15) is 39.7 Å². The van der Waals surface area contributed by atoms with Gasteiger partial charge in [0.15, 0.2) is 0 Å². The lowest BCUT2D eigenvalue weighted by Crippen LogP contribution is -2.42. The van der Waals surface area contributed by atoms with Gasteiger partial charge in [-0.3, -0.25) is 4.79 Å². The number of ether oxygens (including phenoxy) is 1. The van der Waals surface area contributed by atoms with Gasteiger partial charge >= 0.3 is 5.97 Å². The lowest BCUT2D eigenvalue weighted by atomic mass is 9.70. The van der Waals surface area contributed by atoms with Crippen molar-refractivity contribution in [1.29, 1.82) is 0 Å². The van der Waals surface area contributed by atoms with Crippen molar-refractivity contribution in [3.05, 3.63) is 35.9 Å². The molecule has 0 fully saturated rings. The van der Waals surface area contributed by atoms with Crippen LogP contribution in [-0.2, 0) is 15.1 Å². The number of hydrogen-bond acceptors (Lipinski definition) is 3. The molecule has 1 N–H and O–H groups in total. The highest BCUT2D eigenvalue weighted by Crippen LogP contribution is 2.42. The van der Waals surface area contributed by atoms with Crippen LogP contribution >= 0.6 is 0 Å². The summed E-state index contributed by atoms with van der Waals surface area (Å²) >= 11 is 0. The monoisotopic (exact) mass is 250 g/mol. The summed E-state index contributed by atoms with van der Waals surface area (Å²) in [6.07, 6.45) is -0.0334. The third-order valence-corrected chi connectivity index (χ3v) is 3.20. The first kappa shape index (κ1) is 14.7. The van der Waals surface area contributed by atoms with Gasteiger partial charge in [0.2, 0.25) is 0 Å². The summed E-state index contributed by atoms with van der Waals surface area (Å²) in [4.78, 5) is 11.7. The van der Waals surface area contributed by atoms with E-state index < -0.39 is 11.0 Å². The first-order chi connectivity index (χ1) is 8.31. The van der Waals surface area contributed by atoms with Gasteiger partial charge in [0.05, 0.1) is 13.0 Å². The Kier molecular flexibility index (Phi) is 4.52. The van der Waals surface area contributed by atoms with Gasteiger partial charge in [-0.2, -0.15) is 0 Å². The predicted molar refractivity (Wildman–Crippen MR) is 71.0 cm³/mol. The molecule has 0 radical (unpaired) electrons. The normalized spacial score (nSPS) is 14.9. The third-order valence-electron chi connectivity index (χ3n) is 3.20. The molecule has 0 saturated carbocycles. The van der Waals surface area contributed by atoms with E-state index in [2.05, 4.69) is 0 Å². The molecular weight excluding hydrogens is 228 g/mol. The smallest absolute Gasteiger partial charge is 0.309 e. The van der Waals surface area contributed by atoms with E-state index in [1.807, 2.05) is 51.1 Å². The molecule has 100 valence electrons. The average molecular weight is 250 g/mol. The van der Waals surface area contributed by atoms with Crippen molar-refractivity contribution in [1.82, 2.24) is 0 Å². The van der Waals surface area contributed by atoms with Crippen LogP contribution in [0.4, 0.5) is 0 Å². The van der Waals surface area contributed by atoms with Crippen LogP contribution in [0.3, 0.4) is 0 Å². The van der Waals surface area contributed by atoms with Crippen LogP contribution in [-0.4, -0.2) is 17.7 Å². The van der Waals surface area contributed by atoms with E-state index in [9.17, 15) is 9.90 Å². The van der Waals surface area contributed by atoms with Crippen LogP contribution in [0.15, 0.2) is 30.3 Å². The maximum atomic E-state index is 11.7. The van der Waals surface area contributed by atoms with Crippen LogP contribution in [0.2, 0.25) is 0 Å². The largest absolute Gasteiger partial charge is 0.466 e.